The van der Waals surface area contributed by atoms with Gasteiger partial charge in [0.2, 0.25) is 17.5 Å². The lowest BCUT2D eigenvalue weighted by Crippen LogP contribution is -2.23. The second-order valence-electron chi connectivity index (χ2n) is 5.07. The molecule has 0 bridgehead atoms. The van der Waals surface area contributed by atoms with E-state index in [-0.39, 0.29) is 24.2 Å². The number of nitrogens with one attached hydrogen (secondary N) is 1. The quantitative estimate of drug-likeness (QED) is 0.569. The van der Waals surface area contributed by atoms with Gasteiger partial charge in [-0.25, -0.2) is 4.98 Å². The van der Waals surface area contributed by atoms with Crippen molar-refractivity contribution in [1.29, 1.82) is 0 Å². The van der Waals surface area contributed by atoms with Gasteiger partial charge in [0, 0.05) is 18.0 Å². The Bertz CT molecular complexity index is 1010. The van der Waals surface area contributed by atoms with E-state index >= 15 is 0 Å². The van der Waals surface area contributed by atoms with Crippen molar-refractivity contribution >= 4 is 5.91 Å². The van der Waals surface area contributed by atoms with E-state index in [1.165, 1.54) is 18.6 Å². The van der Waals surface area contributed by atoms with Crippen LogP contribution in [0.4, 0.5) is 0 Å². The number of carbonyl (C=O) groups is 1. The van der Waals surface area contributed by atoms with Crippen molar-refractivity contribution in [3.05, 3.63) is 60.7 Å². The summed E-state index contributed by atoms with van der Waals surface area (Å²) in [4.78, 5) is 28.3. The second-order valence-corrected chi connectivity index (χ2v) is 5.07. The fourth-order valence-electron chi connectivity index (χ4n) is 2.10. The molecule has 4 rings (SSSR count). The number of benzene rings is 1. The van der Waals surface area contributed by atoms with E-state index in [1.54, 1.807) is 0 Å². The van der Waals surface area contributed by atoms with Gasteiger partial charge >= 0.3 is 11.8 Å². The minimum Gasteiger partial charge on any atom is -0.339 e. The maximum absolute atomic E-state index is 12.1. The minimum absolute atomic E-state index is 0.0293. The number of amides is 1. The summed E-state index contributed by atoms with van der Waals surface area (Å²) < 4.78 is 10.1. The highest BCUT2D eigenvalue weighted by Gasteiger charge is 2.18. The van der Waals surface area contributed by atoms with E-state index < -0.39 is 5.91 Å². The molecule has 0 saturated heterocycles. The topological polar surface area (TPSA) is 133 Å². The van der Waals surface area contributed by atoms with E-state index in [1.807, 2.05) is 30.3 Å². The average molecular weight is 349 g/mol. The average Bonchev–Trinajstić information content (AvgIpc) is 3.37. The largest absolute Gasteiger partial charge is 0.339 e. The molecule has 1 N–H and O–H groups in total. The van der Waals surface area contributed by atoms with Crippen LogP contribution in [0.2, 0.25) is 0 Å². The van der Waals surface area contributed by atoms with Crippen molar-refractivity contribution in [1.82, 2.24) is 35.6 Å². The maximum atomic E-state index is 12.1. The number of nitrogens with zero attached hydrogens (tertiary/aromatic N) is 6. The minimum atomic E-state index is -0.563. The number of carbonyl (C=O) groups excluding carboxylic acids is 1. The van der Waals surface area contributed by atoms with Gasteiger partial charge < -0.3 is 14.4 Å². The molecule has 0 aliphatic rings. The van der Waals surface area contributed by atoms with Gasteiger partial charge in [0.25, 0.3) is 0 Å². The van der Waals surface area contributed by atoms with Crippen LogP contribution in [0.25, 0.3) is 22.9 Å². The molecule has 3 aromatic heterocycles. The lowest BCUT2D eigenvalue weighted by Gasteiger charge is -1.96. The van der Waals surface area contributed by atoms with Gasteiger partial charge in [-0.3, -0.25) is 9.78 Å². The van der Waals surface area contributed by atoms with Gasteiger partial charge in [-0.15, -0.1) is 0 Å². The molecular formula is C16H11N7O3. The number of rotatable bonds is 5. The normalized spacial score (nSPS) is 10.6. The van der Waals surface area contributed by atoms with Crippen LogP contribution in [0.3, 0.4) is 0 Å². The van der Waals surface area contributed by atoms with Crippen LogP contribution in [-0.4, -0.2) is 36.2 Å². The summed E-state index contributed by atoms with van der Waals surface area (Å²) in [5.74, 6) is 0.108. The van der Waals surface area contributed by atoms with E-state index in [4.69, 9.17) is 9.05 Å². The van der Waals surface area contributed by atoms with Gasteiger partial charge in [-0.2, -0.15) is 9.97 Å². The predicted molar refractivity (Wildman–Crippen MR) is 86.2 cm³/mol. The Morgan fingerprint density at radius 1 is 1.00 bits per heavy atom. The summed E-state index contributed by atoms with van der Waals surface area (Å²) >= 11 is 0. The smallest absolute Gasteiger partial charge is 0.316 e. The van der Waals surface area contributed by atoms with Crippen LogP contribution in [0.15, 0.2) is 58.0 Å². The molecular weight excluding hydrogens is 338 g/mol. The van der Waals surface area contributed by atoms with Gasteiger partial charge in [0.05, 0.1) is 12.7 Å². The molecule has 0 spiro atoms. The van der Waals surface area contributed by atoms with E-state index in [0.717, 1.165) is 5.56 Å². The van der Waals surface area contributed by atoms with E-state index in [2.05, 4.69) is 35.6 Å². The van der Waals surface area contributed by atoms with Crippen LogP contribution in [0.5, 0.6) is 0 Å². The van der Waals surface area contributed by atoms with Crippen LogP contribution < -0.4 is 5.32 Å². The molecule has 0 aliphatic carbocycles. The van der Waals surface area contributed by atoms with Crippen LogP contribution in [-0.2, 0) is 6.54 Å². The molecule has 0 unspecified atom stereocenters. The Morgan fingerprint density at radius 2 is 1.85 bits per heavy atom. The Kier molecular flexibility index (Phi) is 4.13. The first-order valence-electron chi connectivity index (χ1n) is 7.56. The first-order valence-corrected chi connectivity index (χ1v) is 7.56. The molecule has 10 nitrogen and oxygen atoms in total. The molecule has 0 aliphatic heterocycles. The number of aromatic nitrogens is 6. The highest BCUT2D eigenvalue weighted by molar-refractivity contribution is 5.89. The van der Waals surface area contributed by atoms with Gasteiger partial charge in [-0.05, 0) is 0 Å². The zero-order valence-electron chi connectivity index (χ0n) is 13.2. The van der Waals surface area contributed by atoms with E-state index in [0.29, 0.717) is 11.5 Å². The second kappa shape index (κ2) is 6.89. The highest BCUT2D eigenvalue weighted by Crippen LogP contribution is 2.15. The van der Waals surface area contributed by atoms with Crippen LogP contribution in [0, 0.1) is 0 Å². The van der Waals surface area contributed by atoms with E-state index in [9.17, 15) is 4.79 Å². The van der Waals surface area contributed by atoms with Gasteiger partial charge in [0.1, 0.15) is 5.69 Å². The molecule has 10 heteroatoms. The molecule has 1 amide bonds. The molecule has 128 valence electrons. The lowest BCUT2D eigenvalue weighted by atomic mass is 10.2. The predicted octanol–water partition coefficient (Wildman–Crippen LogP) is 1.51. The molecule has 1 aromatic carbocycles. The summed E-state index contributed by atoms with van der Waals surface area (Å²) in [6.45, 7) is 0.0293. The molecule has 3 heterocycles. The molecule has 0 radical (unpaired) electrons. The van der Waals surface area contributed by atoms with Crippen molar-refractivity contribution in [2.24, 2.45) is 0 Å². The van der Waals surface area contributed by atoms with Crippen molar-refractivity contribution in [3.63, 3.8) is 0 Å². The molecule has 0 atom stereocenters. The molecule has 0 saturated carbocycles. The fraction of sp³-hybridized carbons (Fsp3) is 0.0625. The third kappa shape index (κ3) is 3.29. The highest BCUT2D eigenvalue weighted by atomic mass is 16.5. The lowest BCUT2D eigenvalue weighted by molar-refractivity contribution is 0.0902. The molecule has 26 heavy (non-hydrogen) atoms. The zero-order valence-corrected chi connectivity index (χ0v) is 13.2. The number of hydrogen-bond donors (Lipinski definition) is 1. The molecule has 0 fully saturated rings. The van der Waals surface area contributed by atoms with Crippen molar-refractivity contribution in [3.8, 4) is 22.9 Å². The maximum Gasteiger partial charge on any atom is 0.316 e. The monoisotopic (exact) mass is 349 g/mol. The summed E-state index contributed by atoms with van der Waals surface area (Å²) in [7, 11) is 0. The standard InChI is InChI=1S/C16H11N7O3/c24-15(16-21-14(23-26-16)11-8-17-6-7-18-11)19-9-12-20-13(22-25-12)10-4-2-1-3-5-10/h1-8H,9H2,(H,19,24). The Morgan fingerprint density at radius 3 is 2.65 bits per heavy atom. The van der Waals surface area contributed by atoms with Crippen LogP contribution in [0.1, 0.15) is 16.6 Å². The van der Waals surface area contributed by atoms with Crippen molar-refractivity contribution in [2.45, 2.75) is 6.54 Å². The first kappa shape index (κ1) is 15.6. The van der Waals surface area contributed by atoms with Gasteiger partial charge in [0.15, 0.2) is 0 Å². The summed E-state index contributed by atoms with van der Waals surface area (Å²) in [5, 5.41) is 10.2. The Balaban J connectivity index is 1.40. The summed E-state index contributed by atoms with van der Waals surface area (Å²) in [5.41, 5.74) is 1.22. The van der Waals surface area contributed by atoms with Crippen molar-refractivity contribution < 1.29 is 13.8 Å². The first-order chi connectivity index (χ1) is 12.8. The zero-order chi connectivity index (χ0) is 17.8. The number of hydrogen-bond acceptors (Lipinski definition) is 9. The third-order valence-corrected chi connectivity index (χ3v) is 3.31. The summed E-state index contributed by atoms with van der Waals surface area (Å²) in [6.07, 6.45) is 4.48. The van der Waals surface area contributed by atoms with Gasteiger partial charge in [-0.1, -0.05) is 40.6 Å². The fourth-order valence-corrected chi connectivity index (χ4v) is 2.10. The van der Waals surface area contributed by atoms with Crippen LogP contribution >= 0.6 is 0 Å². The Labute approximate surface area is 146 Å². The summed E-state index contributed by atoms with van der Waals surface area (Å²) in [6, 6.07) is 9.36. The Hall–Kier alpha value is -3.95. The SMILES string of the molecule is O=C(NCc1nc(-c2ccccc2)no1)c1nc(-c2cnccn2)no1. The molecule has 4 aromatic rings. The van der Waals surface area contributed by atoms with Crippen molar-refractivity contribution in [2.75, 3.05) is 0 Å². The third-order valence-electron chi connectivity index (χ3n) is 3.31.